The van der Waals surface area contributed by atoms with Gasteiger partial charge in [-0.25, -0.2) is 0 Å². The van der Waals surface area contributed by atoms with Crippen LogP contribution in [-0.4, -0.2) is 106 Å². The number of hydrogen-bond acceptors (Lipinski definition) is 10. The molecule has 1 aromatic rings. The first-order valence-corrected chi connectivity index (χ1v) is 18.9. The highest BCUT2D eigenvalue weighted by molar-refractivity contribution is 7.84. The maximum Gasteiger partial charge on any atom is 0.305 e. The Hall–Kier alpha value is -3.07. The molecule has 0 aliphatic heterocycles. The summed E-state index contributed by atoms with van der Waals surface area (Å²) < 4.78 is 16.4. The fraction of sp³-hybridized carbons (Fsp3) is 0.686. The summed E-state index contributed by atoms with van der Waals surface area (Å²) in [7, 11) is 1.79. The van der Waals surface area contributed by atoms with Gasteiger partial charge in [-0.05, 0) is 80.7 Å². The second-order valence-corrected chi connectivity index (χ2v) is 14.9. The number of phenols is 1. The van der Waals surface area contributed by atoms with Crippen LogP contribution in [0.5, 0.6) is 5.75 Å². The highest BCUT2D eigenvalue weighted by atomic mass is 35.5. The molecule has 1 aliphatic rings. The van der Waals surface area contributed by atoms with Gasteiger partial charge < -0.3 is 31.5 Å². The maximum absolute atomic E-state index is 13.8. The van der Waals surface area contributed by atoms with Crippen molar-refractivity contribution < 1.29 is 38.0 Å². The summed E-state index contributed by atoms with van der Waals surface area (Å²) in [6.07, 6.45) is 9.43. The molecule has 1 unspecified atom stereocenters. The molecule has 15 heteroatoms. The van der Waals surface area contributed by atoms with Gasteiger partial charge >= 0.3 is 5.97 Å². The zero-order chi connectivity index (χ0) is 36.7. The molecule has 50 heavy (non-hydrogen) atoms. The second-order valence-electron chi connectivity index (χ2n) is 13.3. The molecular formula is C35H58ClN5O8S. The molecule has 13 nitrogen and oxygen atoms in total. The SMILES string of the molecule is COC(=O)CCCCCN(C)C(=O)[C@H](CC1CCCCC1)NC(=O)CN(C(=O)[C@H](N)CCS(C)=O)C(=O)[C@@H](N)Cc1c(C)cc(O)cc1C.Cl. The zero-order valence-electron chi connectivity index (χ0n) is 30.2. The summed E-state index contributed by atoms with van der Waals surface area (Å²) in [6, 6.07) is -0.167. The van der Waals surface area contributed by atoms with Crippen LogP contribution in [0.4, 0.5) is 0 Å². The van der Waals surface area contributed by atoms with Crippen LogP contribution in [-0.2, 0) is 45.9 Å². The van der Waals surface area contributed by atoms with Gasteiger partial charge in [-0.15, -0.1) is 12.4 Å². The molecule has 0 heterocycles. The molecule has 2 rings (SSSR count). The van der Waals surface area contributed by atoms with Crippen LogP contribution in [0.2, 0.25) is 0 Å². The lowest BCUT2D eigenvalue weighted by Crippen LogP contribution is -2.57. The Labute approximate surface area is 305 Å². The van der Waals surface area contributed by atoms with Crippen LogP contribution in [0.15, 0.2) is 12.1 Å². The molecule has 1 aliphatic carbocycles. The van der Waals surface area contributed by atoms with Gasteiger partial charge in [0.2, 0.25) is 23.6 Å². The Morgan fingerprint density at radius 1 is 0.980 bits per heavy atom. The lowest BCUT2D eigenvalue weighted by Gasteiger charge is -2.31. The van der Waals surface area contributed by atoms with Gasteiger partial charge in [0, 0.05) is 42.8 Å². The summed E-state index contributed by atoms with van der Waals surface area (Å²) in [5.41, 5.74) is 14.7. The first-order valence-electron chi connectivity index (χ1n) is 17.2. The Balaban J connectivity index is 0.0000125. The number of amides is 4. The van der Waals surface area contributed by atoms with Crippen molar-refractivity contribution in [3.8, 4) is 5.75 Å². The van der Waals surface area contributed by atoms with Crippen molar-refractivity contribution in [1.29, 1.82) is 0 Å². The number of likely N-dealkylation sites (N-methyl/N-ethyl adjacent to an activating group) is 1. The first kappa shape index (κ1) is 45.0. The minimum Gasteiger partial charge on any atom is -0.508 e. The number of imide groups is 1. The lowest BCUT2D eigenvalue weighted by molar-refractivity contribution is -0.150. The number of aryl methyl sites for hydroxylation is 2. The highest BCUT2D eigenvalue weighted by Crippen LogP contribution is 2.28. The molecular weight excluding hydrogens is 686 g/mol. The summed E-state index contributed by atoms with van der Waals surface area (Å²) >= 11 is 0. The largest absolute Gasteiger partial charge is 0.508 e. The van der Waals surface area contributed by atoms with E-state index in [9.17, 15) is 33.3 Å². The standard InChI is InChI=1S/C35H57N5O8S.ClH/c1-23-18-26(41)19-24(2)27(23)21-29(37)34(45)40(33(44)28(36)15-17-49(5)47)22-31(42)38-30(20-25-12-8-6-9-13-25)35(46)39(3)16-11-7-10-14-32(43)48-4;/h18-19,25,28-30,41H,6-17,20-22,36-37H2,1-5H3,(H,38,42);1H/t28-,29+,30+,49?;/m1./s1. The van der Waals surface area contributed by atoms with E-state index in [-0.39, 0.29) is 54.5 Å². The number of benzene rings is 1. The van der Waals surface area contributed by atoms with E-state index in [1.165, 1.54) is 13.4 Å². The van der Waals surface area contributed by atoms with E-state index < -0.39 is 53.2 Å². The van der Waals surface area contributed by atoms with Crippen molar-refractivity contribution in [2.24, 2.45) is 17.4 Å². The van der Waals surface area contributed by atoms with E-state index in [1.54, 1.807) is 37.9 Å². The van der Waals surface area contributed by atoms with E-state index in [1.807, 2.05) is 0 Å². The van der Waals surface area contributed by atoms with Gasteiger partial charge in [-0.2, -0.15) is 0 Å². The van der Waals surface area contributed by atoms with E-state index >= 15 is 0 Å². The van der Waals surface area contributed by atoms with Crippen molar-refractivity contribution in [3.05, 3.63) is 28.8 Å². The number of carbonyl (C=O) groups is 5. The predicted molar refractivity (Wildman–Crippen MR) is 196 cm³/mol. The van der Waals surface area contributed by atoms with Crippen molar-refractivity contribution in [1.82, 2.24) is 15.1 Å². The molecule has 284 valence electrons. The lowest BCUT2D eigenvalue weighted by atomic mass is 9.84. The number of unbranched alkanes of at least 4 members (excludes halogenated alkanes) is 2. The second kappa shape index (κ2) is 22.7. The minimum atomic E-state index is -1.23. The minimum absolute atomic E-state index is 0. The number of methoxy groups -OCH3 is 1. The topological polar surface area (TPSA) is 202 Å². The number of aromatic hydroxyl groups is 1. The number of nitrogens with two attached hydrogens (primary N) is 2. The summed E-state index contributed by atoms with van der Waals surface area (Å²) in [5.74, 6) is -2.42. The van der Waals surface area contributed by atoms with Crippen molar-refractivity contribution in [3.63, 3.8) is 0 Å². The Morgan fingerprint density at radius 3 is 2.16 bits per heavy atom. The van der Waals surface area contributed by atoms with Crippen LogP contribution in [0.3, 0.4) is 0 Å². The van der Waals surface area contributed by atoms with Crippen LogP contribution in [0, 0.1) is 19.8 Å². The van der Waals surface area contributed by atoms with Crippen molar-refractivity contribution in [2.75, 3.05) is 39.3 Å². The molecule has 6 N–H and O–H groups in total. The van der Waals surface area contributed by atoms with E-state index in [2.05, 4.69) is 10.1 Å². The first-order chi connectivity index (χ1) is 23.1. The summed E-state index contributed by atoms with van der Waals surface area (Å²) in [4.78, 5) is 68.3. The van der Waals surface area contributed by atoms with Crippen LogP contribution >= 0.6 is 12.4 Å². The van der Waals surface area contributed by atoms with Crippen molar-refractivity contribution >= 4 is 52.8 Å². The number of rotatable bonds is 19. The quantitative estimate of drug-likeness (QED) is 0.120. The molecule has 1 saturated carbocycles. The number of esters is 1. The van der Waals surface area contributed by atoms with E-state index in [4.69, 9.17) is 11.5 Å². The maximum atomic E-state index is 13.8. The van der Waals surface area contributed by atoms with Gasteiger partial charge in [0.15, 0.2) is 0 Å². The third-order valence-electron chi connectivity index (χ3n) is 9.19. The molecule has 1 fully saturated rings. The van der Waals surface area contributed by atoms with Gasteiger partial charge in [0.25, 0.3) is 0 Å². The van der Waals surface area contributed by atoms with Crippen LogP contribution in [0.25, 0.3) is 0 Å². The molecule has 0 radical (unpaired) electrons. The summed E-state index contributed by atoms with van der Waals surface area (Å²) in [5, 5.41) is 12.8. The zero-order valence-corrected chi connectivity index (χ0v) is 31.9. The van der Waals surface area contributed by atoms with Gasteiger partial charge in [0.1, 0.15) is 18.3 Å². The highest BCUT2D eigenvalue weighted by Gasteiger charge is 2.34. The molecule has 0 bridgehead atoms. The number of carbonyl (C=O) groups excluding carboxylic acids is 5. The number of hydrogen-bond donors (Lipinski definition) is 4. The van der Waals surface area contributed by atoms with Gasteiger partial charge in [-0.3, -0.25) is 33.1 Å². The number of nitrogens with zero attached hydrogens (tertiary/aromatic N) is 2. The number of halogens is 1. The molecule has 4 atom stereocenters. The fourth-order valence-corrected chi connectivity index (χ4v) is 6.90. The number of ether oxygens (including phenoxy) is 1. The number of nitrogens with one attached hydrogen (secondary N) is 1. The normalized spacial score (nSPS) is 15.5. The molecule has 0 saturated heterocycles. The average molecular weight is 744 g/mol. The summed E-state index contributed by atoms with van der Waals surface area (Å²) in [6.45, 7) is 3.30. The monoisotopic (exact) mass is 743 g/mol. The number of phenolic OH excluding ortho intramolecular Hbond substituents is 1. The predicted octanol–water partition coefficient (Wildman–Crippen LogP) is 2.40. The van der Waals surface area contributed by atoms with Crippen LogP contribution in [0.1, 0.15) is 87.3 Å². The van der Waals surface area contributed by atoms with E-state index in [0.717, 1.165) is 60.1 Å². The Morgan fingerprint density at radius 2 is 1.58 bits per heavy atom. The third-order valence-corrected chi connectivity index (χ3v) is 10.0. The van der Waals surface area contributed by atoms with Gasteiger partial charge in [0.05, 0.1) is 19.2 Å². The Bertz CT molecular complexity index is 1300. The fourth-order valence-electron chi connectivity index (χ4n) is 6.32. The third kappa shape index (κ3) is 15.0. The van der Waals surface area contributed by atoms with Gasteiger partial charge in [-0.1, -0.05) is 38.5 Å². The van der Waals surface area contributed by atoms with Crippen LogP contribution < -0.4 is 16.8 Å². The average Bonchev–Trinajstić information content (AvgIpc) is 3.06. The molecule has 4 amide bonds. The smallest absolute Gasteiger partial charge is 0.305 e. The van der Waals surface area contributed by atoms with E-state index in [0.29, 0.717) is 32.2 Å². The Kier molecular flexibility index (Phi) is 20.4. The molecule has 0 spiro atoms. The van der Waals surface area contributed by atoms with Crippen molar-refractivity contribution in [2.45, 2.75) is 109 Å². The molecule has 0 aromatic heterocycles. The molecule has 1 aromatic carbocycles.